The van der Waals surface area contributed by atoms with Crippen molar-refractivity contribution in [1.29, 1.82) is 0 Å². The van der Waals surface area contributed by atoms with Gasteiger partial charge in [-0.05, 0) is 48.1 Å². The van der Waals surface area contributed by atoms with Crippen molar-refractivity contribution in [2.24, 2.45) is 0 Å². The molecule has 3 nitrogen and oxygen atoms in total. The summed E-state index contributed by atoms with van der Waals surface area (Å²) < 4.78 is 20.1. The Hall–Kier alpha value is -1.91. The molecule has 140 valence electrons. The van der Waals surface area contributed by atoms with Crippen molar-refractivity contribution in [3.05, 3.63) is 70.2 Å². The number of hydrogen-bond donors (Lipinski definition) is 0. The van der Waals surface area contributed by atoms with E-state index in [1.54, 1.807) is 12.1 Å². The lowest BCUT2D eigenvalue weighted by molar-refractivity contribution is -0.144. The van der Waals surface area contributed by atoms with Crippen molar-refractivity contribution >= 4 is 17.5 Å². The predicted octanol–water partition coefficient (Wildman–Crippen LogP) is 4.37. The van der Waals surface area contributed by atoms with Crippen LogP contribution in [0.15, 0.2) is 48.5 Å². The van der Waals surface area contributed by atoms with E-state index in [1.165, 1.54) is 11.1 Å². The highest BCUT2D eigenvalue weighted by molar-refractivity contribution is 6.30. The van der Waals surface area contributed by atoms with E-state index < -0.39 is 17.2 Å². The molecule has 2 aromatic rings. The van der Waals surface area contributed by atoms with Gasteiger partial charge in [-0.2, -0.15) is 0 Å². The molecule has 1 spiro atoms. The lowest BCUT2D eigenvalue weighted by Gasteiger charge is -2.45. The van der Waals surface area contributed by atoms with Crippen LogP contribution in [-0.2, 0) is 27.2 Å². The molecule has 3 aliphatic rings. The van der Waals surface area contributed by atoms with Gasteiger partial charge in [-0.15, -0.1) is 0 Å². The van der Waals surface area contributed by atoms with Gasteiger partial charge in [-0.3, -0.25) is 4.79 Å². The van der Waals surface area contributed by atoms with Crippen molar-refractivity contribution in [2.75, 3.05) is 13.1 Å². The molecule has 2 aliphatic heterocycles. The lowest BCUT2D eigenvalue weighted by atomic mass is 9.62. The fraction of sp³-hybridized carbons (Fsp3) is 0.409. The smallest absolute Gasteiger partial charge is 0.233 e. The van der Waals surface area contributed by atoms with Crippen molar-refractivity contribution in [3.63, 3.8) is 0 Å². The zero-order valence-corrected chi connectivity index (χ0v) is 15.7. The molecule has 1 saturated heterocycles. The van der Waals surface area contributed by atoms with Crippen LogP contribution in [0.3, 0.4) is 0 Å². The Bertz CT molecular complexity index is 893. The molecule has 0 bridgehead atoms. The van der Waals surface area contributed by atoms with Crippen LogP contribution in [0.5, 0.6) is 0 Å². The summed E-state index contributed by atoms with van der Waals surface area (Å²) in [6.45, 7) is 1.77. The Labute approximate surface area is 163 Å². The normalized spacial score (nSPS) is 31.8. The molecule has 2 fully saturated rings. The highest BCUT2D eigenvalue weighted by Crippen LogP contribution is 2.50. The van der Waals surface area contributed by atoms with Gasteiger partial charge in [0.25, 0.3) is 0 Å². The van der Waals surface area contributed by atoms with Crippen LogP contribution in [0.4, 0.5) is 4.39 Å². The molecule has 5 heteroatoms. The second-order valence-electron chi connectivity index (χ2n) is 8.01. The maximum atomic E-state index is 13.9. The molecule has 1 unspecified atom stereocenters. The first-order valence-electron chi connectivity index (χ1n) is 9.44. The summed E-state index contributed by atoms with van der Waals surface area (Å²) in [4.78, 5) is 15.4. The molecule has 0 radical (unpaired) electrons. The first-order valence-corrected chi connectivity index (χ1v) is 9.82. The summed E-state index contributed by atoms with van der Waals surface area (Å²) >= 11 is 6.00. The summed E-state index contributed by atoms with van der Waals surface area (Å²) in [6, 6.07) is 15.5. The summed E-state index contributed by atoms with van der Waals surface area (Å²) in [5, 5.41) is 0.619. The minimum atomic E-state index is -0.926. The van der Waals surface area contributed by atoms with Gasteiger partial charge < -0.3 is 9.64 Å². The quantitative estimate of drug-likeness (QED) is 0.768. The van der Waals surface area contributed by atoms with Gasteiger partial charge in [0.15, 0.2) is 0 Å². The van der Waals surface area contributed by atoms with Gasteiger partial charge in [-0.1, -0.05) is 48.0 Å². The second kappa shape index (κ2) is 6.05. The number of amides is 1. The molecule has 2 heterocycles. The fourth-order valence-electron chi connectivity index (χ4n) is 4.98. The summed E-state index contributed by atoms with van der Waals surface area (Å²) in [6.07, 6.45) is 0.346. The van der Waals surface area contributed by atoms with Crippen molar-refractivity contribution < 1.29 is 13.9 Å². The molecule has 1 atom stereocenters. The van der Waals surface area contributed by atoms with Crippen molar-refractivity contribution in [2.45, 2.75) is 43.1 Å². The van der Waals surface area contributed by atoms with Gasteiger partial charge in [0.05, 0.1) is 18.6 Å². The molecule has 5 rings (SSSR count). The fourth-order valence-corrected chi connectivity index (χ4v) is 5.11. The third kappa shape index (κ3) is 2.54. The summed E-state index contributed by atoms with van der Waals surface area (Å²) in [7, 11) is 0. The maximum Gasteiger partial charge on any atom is 0.233 e. The Kier molecular flexibility index (Phi) is 3.85. The third-order valence-corrected chi connectivity index (χ3v) is 6.73. The number of likely N-dealkylation sites (tertiary alicyclic amines) is 1. The Morgan fingerprint density at radius 2 is 1.89 bits per heavy atom. The predicted molar refractivity (Wildman–Crippen MR) is 101 cm³/mol. The Balaban J connectivity index is 1.43. The van der Waals surface area contributed by atoms with E-state index in [0.717, 1.165) is 12.0 Å². The molecule has 0 N–H and O–H groups in total. The molecule has 0 aromatic heterocycles. The average Bonchev–Trinajstić information content (AvgIpc) is 3.25. The highest BCUT2D eigenvalue weighted by atomic mass is 35.5. The monoisotopic (exact) mass is 385 g/mol. The van der Waals surface area contributed by atoms with E-state index in [1.807, 2.05) is 29.2 Å². The van der Waals surface area contributed by atoms with Crippen LogP contribution in [-0.4, -0.2) is 30.1 Å². The minimum Gasteiger partial charge on any atom is -0.364 e. The Morgan fingerprint density at radius 1 is 1.15 bits per heavy atom. The number of hydrogen-bond acceptors (Lipinski definition) is 2. The molecular weight excluding hydrogens is 365 g/mol. The number of rotatable bonds is 2. The zero-order valence-electron chi connectivity index (χ0n) is 15.0. The van der Waals surface area contributed by atoms with Gasteiger partial charge in [0.1, 0.15) is 11.8 Å². The van der Waals surface area contributed by atoms with Crippen LogP contribution in [0, 0.1) is 0 Å². The van der Waals surface area contributed by atoms with Crippen LogP contribution < -0.4 is 0 Å². The molecule has 2 aromatic carbocycles. The third-order valence-electron chi connectivity index (χ3n) is 6.48. The largest absolute Gasteiger partial charge is 0.364 e. The number of ether oxygens (including phenoxy) is 1. The number of halogens is 2. The lowest BCUT2D eigenvalue weighted by Crippen LogP contribution is -2.55. The second-order valence-corrected chi connectivity index (χ2v) is 8.45. The number of carbonyl (C=O) groups excluding carboxylic acids is 1. The minimum absolute atomic E-state index is 0.0172. The Morgan fingerprint density at radius 3 is 2.63 bits per heavy atom. The van der Waals surface area contributed by atoms with E-state index in [-0.39, 0.29) is 18.7 Å². The van der Waals surface area contributed by atoms with Crippen molar-refractivity contribution in [3.8, 4) is 0 Å². The van der Waals surface area contributed by atoms with Gasteiger partial charge in [0, 0.05) is 11.6 Å². The van der Waals surface area contributed by atoms with Crippen LogP contribution in [0.25, 0.3) is 0 Å². The van der Waals surface area contributed by atoms with Gasteiger partial charge in [-0.25, -0.2) is 4.39 Å². The number of benzene rings is 2. The number of nitrogens with zero attached hydrogens (tertiary/aromatic N) is 1. The highest BCUT2D eigenvalue weighted by Gasteiger charge is 2.56. The first kappa shape index (κ1) is 17.2. The molecule has 27 heavy (non-hydrogen) atoms. The van der Waals surface area contributed by atoms with Crippen LogP contribution >= 0.6 is 11.6 Å². The van der Waals surface area contributed by atoms with E-state index >= 15 is 0 Å². The summed E-state index contributed by atoms with van der Waals surface area (Å²) in [5.74, 6) is 0.0172. The standard InChI is InChI=1S/C22H21ClFNO2/c23-17-7-5-16(6-8-17)21(11-18(24)12-21)20(26)25-10-9-22(14-25)19-4-2-1-3-15(19)13-27-22/h1-8,18H,9-14H2. The van der Waals surface area contributed by atoms with E-state index in [9.17, 15) is 9.18 Å². The molecule has 1 amide bonds. The van der Waals surface area contributed by atoms with E-state index in [2.05, 4.69) is 12.1 Å². The summed E-state index contributed by atoms with van der Waals surface area (Å²) in [5.41, 5.74) is 2.07. The maximum absolute atomic E-state index is 13.9. The topological polar surface area (TPSA) is 29.5 Å². The van der Waals surface area contributed by atoms with Gasteiger partial charge >= 0.3 is 0 Å². The average molecular weight is 386 g/mol. The van der Waals surface area contributed by atoms with E-state index in [4.69, 9.17) is 16.3 Å². The first-order chi connectivity index (χ1) is 13.0. The van der Waals surface area contributed by atoms with Crippen molar-refractivity contribution in [1.82, 2.24) is 4.90 Å². The zero-order chi connectivity index (χ0) is 18.6. The SMILES string of the molecule is O=C(N1CCC2(C1)OCc1ccccc12)C1(c2ccc(Cl)cc2)CC(F)C1. The van der Waals surface area contributed by atoms with Gasteiger partial charge in [0.2, 0.25) is 5.91 Å². The number of carbonyl (C=O) groups is 1. The van der Waals surface area contributed by atoms with Crippen LogP contribution in [0.2, 0.25) is 5.02 Å². The molecular formula is C22H21ClFNO2. The van der Waals surface area contributed by atoms with Crippen LogP contribution in [0.1, 0.15) is 36.0 Å². The molecule has 1 aliphatic carbocycles. The number of fused-ring (bicyclic) bond motifs is 2. The van der Waals surface area contributed by atoms with E-state index in [0.29, 0.717) is 24.7 Å². The molecule has 1 saturated carbocycles. The number of alkyl halides is 1.